The summed E-state index contributed by atoms with van der Waals surface area (Å²) >= 11 is 0. The smallest absolute Gasteiger partial charge is 0.133 e. The van der Waals surface area contributed by atoms with E-state index in [0.29, 0.717) is 12.1 Å². The maximum Gasteiger partial charge on any atom is 0.133 e. The number of benzene rings is 1. The van der Waals surface area contributed by atoms with Crippen LogP contribution in [0.5, 0.6) is 0 Å². The van der Waals surface area contributed by atoms with Crippen molar-refractivity contribution in [1.82, 2.24) is 4.90 Å². The van der Waals surface area contributed by atoms with Gasteiger partial charge in [-0.25, -0.2) is 0 Å². The summed E-state index contributed by atoms with van der Waals surface area (Å²) in [6.07, 6.45) is 6.66. The van der Waals surface area contributed by atoms with E-state index >= 15 is 0 Å². The largest absolute Gasteiger partial charge is 0.398 e. The minimum Gasteiger partial charge on any atom is -0.398 e. The molecule has 3 rings (SSSR count). The molecule has 22 heavy (non-hydrogen) atoms. The number of nitrogens with zero attached hydrogens (tertiary/aromatic N) is 2. The highest BCUT2D eigenvalue weighted by Gasteiger charge is 2.37. The van der Waals surface area contributed by atoms with Crippen molar-refractivity contribution in [2.24, 2.45) is 10.4 Å². The molecule has 1 aliphatic carbocycles. The molecule has 3 nitrogen and oxygen atoms in total. The lowest BCUT2D eigenvalue weighted by molar-refractivity contribution is 0.218. The summed E-state index contributed by atoms with van der Waals surface area (Å²) in [5.41, 5.74) is 8.39. The Morgan fingerprint density at radius 2 is 1.77 bits per heavy atom. The summed E-state index contributed by atoms with van der Waals surface area (Å²) in [5, 5.41) is 0. The van der Waals surface area contributed by atoms with Crippen LogP contribution in [0, 0.1) is 5.41 Å². The molecule has 0 unspecified atom stereocenters. The number of hydrogen-bond acceptors (Lipinski definition) is 3. The molecule has 2 aliphatic rings. The number of para-hydroxylation sites is 1. The first-order valence-electron chi connectivity index (χ1n) is 8.66. The van der Waals surface area contributed by atoms with Gasteiger partial charge in [-0.2, -0.15) is 0 Å². The van der Waals surface area contributed by atoms with Gasteiger partial charge in [-0.05, 0) is 30.4 Å². The summed E-state index contributed by atoms with van der Waals surface area (Å²) in [6, 6.07) is 9.16. The molecule has 1 aromatic carbocycles. The SMILES string of the molecule is CC(C)(C)[C@H]1CN(C2CCCCC2)C(c2ccccc2N)=N1. The predicted octanol–water partition coefficient (Wildman–Crippen LogP) is 4.08. The van der Waals surface area contributed by atoms with Gasteiger partial charge in [0.2, 0.25) is 0 Å². The zero-order valence-electron chi connectivity index (χ0n) is 14.2. The molecule has 0 saturated heterocycles. The standard InChI is InChI=1S/C19H29N3/c1-19(2,3)17-13-22(14-9-5-4-6-10-14)18(21-17)15-11-7-8-12-16(15)20/h7-8,11-12,14,17H,4-6,9-10,13,20H2,1-3H3/t17-/m1/s1. The number of hydrogen-bond donors (Lipinski definition) is 1. The van der Waals surface area contributed by atoms with Crippen LogP contribution in [0.3, 0.4) is 0 Å². The fraction of sp³-hybridized carbons (Fsp3) is 0.632. The normalized spacial score (nSPS) is 23.7. The molecular formula is C19H29N3. The van der Waals surface area contributed by atoms with E-state index in [2.05, 4.69) is 37.8 Å². The van der Waals surface area contributed by atoms with E-state index in [4.69, 9.17) is 10.7 Å². The Kier molecular flexibility index (Phi) is 4.16. The molecule has 1 heterocycles. The van der Waals surface area contributed by atoms with E-state index in [9.17, 15) is 0 Å². The molecule has 1 aromatic rings. The molecule has 3 heteroatoms. The van der Waals surface area contributed by atoms with Crippen molar-refractivity contribution >= 4 is 11.5 Å². The number of nitrogen functional groups attached to an aromatic ring is 1. The van der Waals surface area contributed by atoms with Crippen molar-refractivity contribution in [1.29, 1.82) is 0 Å². The van der Waals surface area contributed by atoms with Crippen LogP contribution in [0.2, 0.25) is 0 Å². The highest BCUT2D eigenvalue weighted by molar-refractivity contribution is 6.04. The van der Waals surface area contributed by atoms with Gasteiger partial charge >= 0.3 is 0 Å². The highest BCUT2D eigenvalue weighted by Crippen LogP contribution is 2.34. The van der Waals surface area contributed by atoms with Gasteiger partial charge in [-0.1, -0.05) is 52.2 Å². The molecule has 1 saturated carbocycles. The molecule has 1 fully saturated rings. The van der Waals surface area contributed by atoms with Gasteiger partial charge < -0.3 is 10.6 Å². The number of rotatable bonds is 2. The molecule has 120 valence electrons. The maximum atomic E-state index is 6.24. The first-order chi connectivity index (χ1) is 10.5. The highest BCUT2D eigenvalue weighted by atomic mass is 15.3. The van der Waals surface area contributed by atoms with E-state index in [1.807, 2.05) is 12.1 Å². The predicted molar refractivity (Wildman–Crippen MR) is 94.2 cm³/mol. The van der Waals surface area contributed by atoms with E-state index in [1.165, 1.54) is 32.1 Å². The first-order valence-corrected chi connectivity index (χ1v) is 8.66. The van der Waals surface area contributed by atoms with Gasteiger partial charge in [-0.15, -0.1) is 0 Å². The van der Waals surface area contributed by atoms with Crippen molar-refractivity contribution < 1.29 is 0 Å². The quantitative estimate of drug-likeness (QED) is 0.836. The minimum absolute atomic E-state index is 0.193. The monoisotopic (exact) mass is 299 g/mol. The zero-order valence-corrected chi connectivity index (χ0v) is 14.2. The maximum absolute atomic E-state index is 6.24. The van der Waals surface area contributed by atoms with Gasteiger partial charge in [-0.3, -0.25) is 4.99 Å². The molecular weight excluding hydrogens is 270 g/mol. The Labute approximate surface area is 134 Å². The van der Waals surface area contributed by atoms with Crippen molar-refractivity contribution in [2.75, 3.05) is 12.3 Å². The van der Waals surface area contributed by atoms with Crippen molar-refractivity contribution in [3.05, 3.63) is 29.8 Å². The lowest BCUT2D eigenvalue weighted by atomic mass is 9.87. The summed E-state index contributed by atoms with van der Waals surface area (Å²) in [4.78, 5) is 7.67. The summed E-state index contributed by atoms with van der Waals surface area (Å²) in [5.74, 6) is 1.13. The van der Waals surface area contributed by atoms with Gasteiger partial charge in [0.1, 0.15) is 5.84 Å². The molecule has 2 N–H and O–H groups in total. The average Bonchev–Trinajstić information content (AvgIpc) is 2.94. The third-order valence-corrected chi connectivity index (χ3v) is 5.14. The Morgan fingerprint density at radius 3 is 2.41 bits per heavy atom. The van der Waals surface area contributed by atoms with Crippen LogP contribution < -0.4 is 5.73 Å². The summed E-state index contributed by atoms with van der Waals surface area (Å²) in [6.45, 7) is 7.91. The molecule has 1 atom stereocenters. The lowest BCUT2D eigenvalue weighted by Gasteiger charge is -2.35. The number of aliphatic imine (C=N–C) groups is 1. The second kappa shape index (κ2) is 5.94. The van der Waals surface area contributed by atoms with Crippen LogP contribution in [-0.4, -0.2) is 29.4 Å². The minimum atomic E-state index is 0.193. The Morgan fingerprint density at radius 1 is 1.09 bits per heavy atom. The van der Waals surface area contributed by atoms with Crippen LogP contribution in [0.25, 0.3) is 0 Å². The third kappa shape index (κ3) is 2.99. The molecule has 0 amide bonds. The second-order valence-electron chi connectivity index (χ2n) is 7.87. The Bertz CT molecular complexity index is 550. The Balaban J connectivity index is 1.95. The Hall–Kier alpha value is -1.51. The van der Waals surface area contributed by atoms with Crippen LogP contribution in [0.1, 0.15) is 58.4 Å². The fourth-order valence-corrected chi connectivity index (χ4v) is 3.64. The zero-order chi connectivity index (χ0) is 15.7. The lowest BCUT2D eigenvalue weighted by Crippen LogP contribution is -2.42. The van der Waals surface area contributed by atoms with Crippen molar-refractivity contribution in [2.45, 2.75) is 65.0 Å². The van der Waals surface area contributed by atoms with Gasteiger partial charge in [0.25, 0.3) is 0 Å². The number of amidine groups is 1. The van der Waals surface area contributed by atoms with Gasteiger partial charge in [0.15, 0.2) is 0 Å². The average molecular weight is 299 g/mol. The molecule has 1 aliphatic heterocycles. The van der Waals surface area contributed by atoms with E-state index in [1.54, 1.807) is 0 Å². The summed E-state index contributed by atoms with van der Waals surface area (Å²) in [7, 11) is 0. The van der Waals surface area contributed by atoms with Gasteiger partial charge in [0, 0.05) is 23.8 Å². The second-order valence-corrected chi connectivity index (χ2v) is 7.87. The molecule has 0 aromatic heterocycles. The number of nitrogens with two attached hydrogens (primary N) is 1. The molecule has 0 spiro atoms. The van der Waals surface area contributed by atoms with Crippen LogP contribution in [0.4, 0.5) is 5.69 Å². The van der Waals surface area contributed by atoms with E-state index < -0.39 is 0 Å². The topological polar surface area (TPSA) is 41.6 Å². The van der Waals surface area contributed by atoms with Crippen LogP contribution >= 0.6 is 0 Å². The fourth-order valence-electron chi connectivity index (χ4n) is 3.64. The van der Waals surface area contributed by atoms with E-state index in [-0.39, 0.29) is 5.41 Å². The third-order valence-electron chi connectivity index (χ3n) is 5.14. The van der Waals surface area contributed by atoms with E-state index in [0.717, 1.165) is 23.6 Å². The number of anilines is 1. The van der Waals surface area contributed by atoms with Gasteiger partial charge in [0.05, 0.1) is 6.04 Å². The molecule has 0 bridgehead atoms. The van der Waals surface area contributed by atoms with Crippen LogP contribution in [-0.2, 0) is 0 Å². The summed E-state index contributed by atoms with van der Waals surface area (Å²) < 4.78 is 0. The first kappa shape index (κ1) is 15.4. The van der Waals surface area contributed by atoms with Crippen molar-refractivity contribution in [3.63, 3.8) is 0 Å². The molecule has 0 radical (unpaired) electrons. The van der Waals surface area contributed by atoms with Crippen molar-refractivity contribution in [3.8, 4) is 0 Å². The van der Waals surface area contributed by atoms with Crippen LogP contribution in [0.15, 0.2) is 29.3 Å².